The molecule has 0 fully saturated rings. The second kappa shape index (κ2) is 7.11. The van der Waals surface area contributed by atoms with Gasteiger partial charge in [-0.25, -0.2) is 9.97 Å². The van der Waals surface area contributed by atoms with Crippen molar-refractivity contribution in [3.05, 3.63) is 24.5 Å². The van der Waals surface area contributed by atoms with E-state index in [4.69, 9.17) is 4.74 Å². The molecular weight excluding hydrogens is 222 g/mol. The Labute approximate surface area is 101 Å². The lowest BCUT2D eigenvalue weighted by Crippen LogP contribution is -2.08. The molecule has 5 heteroatoms. The van der Waals surface area contributed by atoms with Crippen LogP contribution in [-0.2, 0) is 0 Å². The summed E-state index contributed by atoms with van der Waals surface area (Å²) in [6.07, 6.45) is 3.41. The lowest BCUT2D eigenvalue weighted by molar-refractivity contribution is 0.393. The number of hydrogen-bond acceptors (Lipinski definition) is 5. The molecule has 1 aromatic rings. The molecule has 0 saturated heterocycles. The number of hydrogen-bond donors (Lipinski definition) is 1. The summed E-state index contributed by atoms with van der Waals surface area (Å²) in [7, 11) is 1.61. The maximum atomic E-state index is 5.12. The maximum Gasteiger partial charge on any atom is 0.221 e. The molecule has 1 heterocycles. The molecule has 0 aliphatic heterocycles. The zero-order valence-electron chi connectivity index (χ0n) is 9.69. The van der Waals surface area contributed by atoms with Gasteiger partial charge >= 0.3 is 0 Å². The molecule has 1 N–H and O–H groups in total. The number of ether oxygens (including phenoxy) is 1. The highest BCUT2D eigenvalue weighted by Gasteiger charge is 2.05. The Morgan fingerprint density at radius 1 is 1.56 bits per heavy atom. The van der Waals surface area contributed by atoms with E-state index in [1.54, 1.807) is 7.11 Å². The smallest absolute Gasteiger partial charge is 0.221 e. The predicted octanol–water partition coefficient (Wildman–Crippen LogP) is 2.12. The first-order chi connectivity index (χ1) is 7.79. The molecule has 0 unspecified atom stereocenters. The highest BCUT2D eigenvalue weighted by atomic mass is 32.2. The van der Waals surface area contributed by atoms with Gasteiger partial charge in [-0.3, -0.25) is 0 Å². The third kappa shape index (κ3) is 3.73. The van der Waals surface area contributed by atoms with Crippen molar-refractivity contribution < 1.29 is 4.74 Å². The van der Waals surface area contributed by atoms with Crippen molar-refractivity contribution in [1.82, 2.24) is 9.97 Å². The second-order valence-electron chi connectivity index (χ2n) is 3.15. The number of nitrogens with one attached hydrogen (secondary N) is 1. The van der Waals surface area contributed by atoms with Crippen LogP contribution in [0, 0.1) is 6.92 Å². The van der Waals surface area contributed by atoms with E-state index in [1.807, 2.05) is 24.8 Å². The zero-order valence-corrected chi connectivity index (χ0v) is 10.5. The molecule has 88 valence electrons. The quantitative estimate of drug-likeness (QED) is 0.583. The minimum Gasteiger partial charge on any atom is -0.481 e. The fourth-order valence-corrected chi connectivity index (χ4v) is 1.81. The molecule has 1 aromatic heterocycles. The van der Waals surface area contributed by atoms with Gasteiger partial charge in [0, 0.05) is 18.1 Å². The molecule has 0 aliphatic carbocycles. The van der Waals surface area contributed by atoms with Crippen LogP contribution >= 0.6 is 11.8 Å². The third-order valence-corrected chi connectivity index (χ3v) is 2.97. The fourth-order valence-electron chi connectivity index (χ4n) is 1.23. The predicted molar refractivity (Wildman–Crippen MR) is 69.3 cm³/mol. The van der Waals surface area contributed by atoms with Gasteiger partial charge < -0.3 is 10.1 Å². The van der Waals surface area contributed by atoms with Crippen molar-refractivity contribution in [3.63, 3.8) is 0 Å². The summed E-state index contributed by atoms with van der Waals surface area (Å²) in [5.41, 5.74) is 0.943. The Kier molecular flexibility index (Phi) is 5.71. The molecule has 0 radical (unpaired) electrons. The van der Waals surface area contributed by atoms with Crippen LogP contribution in [0.15, 0.2) is 19.0 Å². The number of thioether (sulfide) groups is 1. The summed E-state index contributed by atoms with van der Waals surface area (Å²) >= 11 is 1.83. The normalized spacial score (nSPS) is 9.88. The lowest BCUT2D eigenvalue weighted by atomic mass is 10.3. The van der Waals surface area contributed by atoms with Crippen LogP contribution in [0.5, 0.6) is 5.88 Å². The molecule has 0 atom stereocenters. The van der Waals surface area contributed by atoms with Gasteiger partial charge in [-0.05, 0) is 6.92 Å². The summed E-state index contributed by atoms with van der Waals surface area (Å²) < 4.78 is 5.12. The monoisotopic (exact) mass is 239 g/mol. The van der Waals surface area contributed by atoms with E-state index >= 15 is 0 Å². The van der Waals surface area contributed by atoms with E-state index in [1.165, 1.54) is 6.33 Å². The molecule has 1 rings (SSSR count). The summed E-state index contributed by atoms with van der Waals surface area (Å²) in [4.78, 5) is 8.20. The zero-order chi connectivity index (χ0) is 11.8. The van der Waals surface area contributed by atoms with Gasteiger partial charge in [0.25, 0.3) is 0 Å². The van der Waals surface area contributed by atoms with Crippen LogP contribution in [0.4, 0.5) is 5.82 Å². The standard InChI is InChI=1S/C11H17N3OS/c1-4-6-16-7-5-12-10-9(2)11(15-3)14-8-13-10/h4,8H,1,5-7H2,2-3H3,(H,12,13,14). The number of anilines is 1. The van der Waals surface area contributed by atoms with Crippen molar-refractivity contribution >= 4 is 17.6 Å². The van der Waals surface area contributed by atoms with Gasteiger partial charge in [-0.1, -0.05) is 6.08 Å². The first-order valence-corrected chi connectivity index (χ1v) is 6.23. The largest absolute Gasteiger partial charge is 0.481 e. The van der Waals surface area contributed by atoms with Crippen LogP contribution in [0.3, 0.4) is 0 Å². The average molecular weight is 239 g/mol. The van der Waals surface area contributed by atoms with Gasteiger partial charge in [0.05, 0.1) is 12.7 Å². The van der Waals surface area contributed by atoms with Gasteiger partial charge in [0.1, 0.15) is 12.1 Å². The topological polar surface area (TPSA) is 47.0 Å². The van der Waals surface area contributed by atoms with Crippen molar-refractivity contribution in [3.8, 4) is 5.88 Å². The Bertz CT molecular complexity index is 344. The summed E-state index contributed by atoms with van der Waals surface area (Å²) in [5, 5.41) is 3.26. The maximum absolute atomic E-state index is 5.12. The molecule has 0 aromatic carbocycles. The SMILES string of the molecule is C=CCSCCNc1ncnc(OC)c1C. The number of aromatic nitrogens is 2. The Morgan fingerprint density at radius 3 is 3.06 bits per heavy atom. The van der Waals surface area contributed by atoms with Gasteiger partial charge in [0.15, 0.2) is 0 Å². The highest BCUT2D eigenvalue weighted by molar-refractivity contribution is 7.99. The molecule has 0 spiro atoms. The van der Waals surface area contributed by atoms with Gasteiger partial charge in [-0.2, -0.15) is 11.8 Å². The second-order valence-corrected chi connectivity index (χ2v) is 4.30. The summed E-state index contributed by atoms with van der Waals surface area (Å²) in [6, 6.07) is 0. The Morgan fingerprint density at radius 2 is 2.38 bits per heavy atom. The van der Waals surface area contributed by atoms with Crippen LogP contribution in [0.1, 0.15) is 5.56 Å². The van der Waals surface area contributed by atoms with Crippen molar-refractivity contribution in [1.29, 1.82) is 0 Å². The van der Waals surface area contributed by atoms with E-state index in [-0.39, 0.29) is 0 Å². The minimum absolute atomic E-state index is 0.622. The van der Waals surface area contributed by atoms with Crippen molar-refractivity contribution in [2.24, 2.45) is 0 Å². The van der Waals surface area contributed by atoms with Crippen LogP contribution < -0.4 is 10.1 Å². The molecule has 4 nitrogen and oxygen atoms in total. The fraction of sp³-hybridized carbons (Fsp3) is 0.455. The number of nitrogens with zero attached hydrogens (tertiary/aromatic N) is 2. The van der Waals surface area contributed by atoms with Gasteiger partial charge in [0.2, 0.25) is 5.88 Å². The molecule has 0 saturated carbocycles. The first kappa shape index (κ1) is 12.8. The highest BCUT2D eigenvalue weighted by Crippen LogP contribution is 2.19. The summed E-state index contributed by atoms with van der Waals surface area (Å²) in [5.74, 6) is 3.47. The van der Waals surface area contributed by atoms with Crippen LogP contribution in [0.25, 0.3) is 0 Å². The number of methoxy groups -OCH3 is 1. The van der Waals surface area contributed by atoms with Crippen molar-refractivity contribution in [2.45, 2.75) is 6.92 Å². The first-order valence-electron chi connectivity index (χ1n) is 5.07. The average Bonchev–Trinajstić information content (AvgIpc) is 2.31. The Hall–Kier alpha value is -1.23. The van der Waals surface area contributed by atoms with E-state index in [9.17, 15) is 0 Å². The summed E-state index contributed by atoms with van der Waals surface area (Å²) in [6.45, 7) is 6.49. The molecule has 16 heavy (non-hydrogen) atoms. The molecule has 0 amide bonds. The van der Waals surface area contributed by atoms with E-state index in [0.717, 1.165) is 29.4 Å². The molecule has 0 aliphatic rings. The third-order valence-electron chi connectivity index (χ3n) is 2.01. The van der Waals surface area contributed by atoms with Crippen molar-refractivity contribution in [2.75, 3.05) is 30.5 Å². The number of rotatable bonds is 7. The van der Waals surface area contributed by atoms with Crippen LogP contribution in [-0.4, -0.2) is 35.1 Å². The lowest BCUT2D eigenvalue weighted by Gasteiger charge is -2.09. The van der Waals surface area contributed by atoms with Gasteiger partial charge in [-0.15, -0.1) is 6.58 Å². The van der Waals surface area contributed by atoms with E-state index in [2.05, 4.69) is 21.9 Å². The Balaban J connectivity index is 2.44. The van der Waals surface area contributed by atoms with E-state index < -0.39 is 0 Å². The molecule has 0 bridgehead atoms. The van der Waals surface area contributed by atoms with Crippen LogP contribution in [0.2, 0.25) is 0 Å². The minimum atomic E-state index is 0.622. The van der Waals surface area contributed by atoms with E-state index in [0.29, 0.717) is 5.88 Å². The molecular formula is C11H17N3OS.